The van der Waals surface area contributed by atoms with E-state index in [2.05, 4.69) is 16.7 Å². The molecule has 0 unspecified atom stereocenters. The van der Waals surface area contributed by atoms with Gasteiger partial charge in [-0.05, 0) is 45.7 Å². The first kappa shape index (κ1) is 16.3. The number of likely N-dealkylation sites (N-methyl/N-ethyl adjacent to an activating group) is 1. The zero-order valence-electron chi connectivity index (χ0n) is 13.2. The second-order valence-corrected chi connectivity index (χ2v) is 6.42. The predicted octanol–water partition coefficient (Wildman–Crippen LogP) is 1.36. The van der Waals surface area contributed by atoms with Crippen LogP contribution >= 0.6 is 0 Å². The maximum Gasteiger partial charge on any atom is 0.236 e. The lowest BCUT2D eigenvalue weighted by molar-refractivity contribution is -0.135. The Morgan fingerprint density at radius 1 is 1.10 bits per heavy atom. The summed E-state index contributed by atoms with van der Waals surface area (Å²) in [5.74, 6) is 0.0530. The molecule has 2 rings (SSSR count). The van der Waals surface area contributed by atoms with Gasteiger partial charge in [-0.15, -0.1) is 0 Å². The van der Waals surface area contributed by atoms with Gasteiger partial charge in [0.1, 0.15) is 0 Å². The molecule has 5 heteroatoms. The van der Waals surface area contributed by atoms with Crippen molar-refractivity contribution in [2.75, 3.05) is 26.2 Å². The molecule has 1 saturated heterocycles. The van der Waals surface area contributed by atoms with Crippen LogP contribution in [0, 0.1) is 5.92 Å². The van der Waals surface area contributed by atoms with Crippen LogP contribution in [-0.4, -0.2) is 53.8 Å². The molecule has 1 saturated carbocycles. The Morgan fingerprint density at radius 2 is 1.71 bits per heavy atom. The van der Waals surface area contributed by atoms with E-state index in [4.69, 9.17) is 5.73 Å². The molecule has 0 aromatic heterocycles. The summed E-state index contributed by atoms with van der Waals surface area (Å²) in [6, 6.07) is 0.444. The van der Waals surface area contributed by atoms with Crippen LogP contribution in [0.4, 0.5) is 0 Å². The number of piperidine rings is 1. The maximum atomic E-state index is 12.5. The summed E-state index contributed by atoms with van der Waals surface area (Å²) >= 11 is 0. The van der Waals surface area contributed by atoms with Crippen LogP contribution in [0.25, 0.3) is 0 Å². The predicted molar refractivity (Wildman–Crippen MR) is 82.6 cm³/mol. The van der Waals surface area contributed by atoms with Crippen molar-refractivity contribution in [1.29, 1.82) is 0 Å². The van der Waals surface area contributed by atoms with Crippen molar-refractivity contribution in [3.63, 3.8) is 0 Å². The Labute approximate surface area is 127 Å². The van der Waals surface area contributed by atoms with Gasteiger partial charge in [0.15, 0.2) is 0 Å². The zero-order valence-corrected chi connectivity index (χ0v) is 13.2. The van der Waals surface area contributed by atoms with Gasteiger partial charge in [-0.2, -0.15) is 0 Å². The largest absolute Gasteiger partial charge is 0.369 e. The highest BCUT2D eigenvalue weighted by Gasteiger charge is 2.28. The molecule has 0 radical (unpaired) electrons. The monoisotopic (exact) mass is 295 g/mol. The van der Waals surface area contributed by atoms with E-state index in [1.807, 2.05) is 0 Å². The van der Waals surface area contributed by atoms with E-state index in [-0.39, 0.29) is 17.7 Å². The normalized spacial score (nSPS) is 22.1. The van der Waals surface area contributed by atoms with E-state index in [9.17, 15) is 9.59 Å². The average Bonchev–Trinajstić information content (AvgIpc) is 2.49. The Morgan fingerprint density at radius 3 is 2.24 bits per heavy atom. The topological polar surface area (TPSA) is 66.6 Å². The lowest BCUT2D eigenvalue weighted by atomic mass is 9.94. The Bertz CT molecular complexity index is 359. The molecule has 0 bridgehead atoms. The maximum absolute atomic E-state index is 12.5. The third kappa shape index (κ3) is 4.43. The highest BCUT2D eigenvalue weighted by molar-refractivity contribution is 5.79. The van der Waals surface area contributed by atoms with E-state index in [1.165, 1.54) is 19.3 Å². The van der Waals surface area contributed by atoms with Gasteiger partial charge in [-0.3, -0.25) is 14.5 Å². The van der Waals surface area contributed by atoms with Crippen molar-refractivity contribution in [2.24, 2.45) is 11.7 Å². The van der Waals surface area contributed by atoms with Crippen molar-refractivity contribution in [3.05, 3.63) is 0 Å². The van der Waals surface area contributed by atoms with Crippen LogP contribution in [0.1, 0.15) is 51.9 Å². The van der Waals surface area contributed by atoms with E-state index < -0.39 is 0 Å². The van der Waals surface area contributed by atoms with Gasteiger partial charge in [0.05, 0.1) is 6.54 Å². The molecule has 21 heavy (non-hydrogen) atoms. The summed E-state index contributed by atoms with van der Waals surface area (Å²) in [4.78, 5) is 28.0. The summed E-state index contributed by atoms with van der Waals surface area (Å²) < 4.78 is 0. The van der Waals surface area contributed by atoms with Gasteiger partial charge in [-0.1, -0.05) is 19.3 Å². The number of nitrogens with zero attached hydrogens (tertiary/aromatic N) is 2. The molecule has 0 atom stereocenters. The molecule has 2 N–H and O–H groups in total. The van der Waals surface area contributed by atoms with Crippen molar-refractivity contribution >= 4 is 11.8 Å². The van der Waals surface area contributed by atoms with Gasteiger partial charge in [-0.25, -0.2) is 0 Å². The number of rotatable bonds is 5. The van der Waals surface area contributed by atoms with E-state index in [1.54, 1.807) is 0 Å². The van der Waals surface area contributed by atoms with E-state index in [0.29, 0.717) is 12.6 Å². The SMILES string of the molecule is CCN(C(=O)CN1CCC(C(N)=O)CC1)C1CCCCC1. The first-order chi connectivity index (χ1) is 10.1. The van der Waals surface area contributed by atoms with Crippen LogP contribution in [-0.2, 0) is 9.59 Å². The number of likely N-dealkylation sites (tertiary alicyclic amines) is 1. The lowest BCUT2D eigenvalue weighted by Crippen LogP contribution is -2.48. The van der Waals surface area contributed by atoms with Crippen molar-refractivity contribution in [2.45, 2.75) is 57.9 Å². The Kier molecular flexibility index (Phi) is 6.03. The lowest BCUT2D eigenvalue weighted by Gasteiger charge is -2.36. The fourth-order valence-corrected chi connectivity index (χ4v) is 3.69. The fraction of sp³-hybridized carbons (Fsp3) is 0.875. The number of hydrogen-bond donors (Lipinski definition) is 1. The molecular weight excluding hydrogens is 266 g/mol. The van der Waals surface area contributed by atoms with Gasteiger partial charge < -0.3 is 10.6 Å². The van der Waals surface area contributed by atoms with Gasteiger partial charge in [0, 0.05) is 18.5 Å². The van der Waals surface area contributed by atoms with E-state index >= 15 is 0 Å². The first-order valence-electron chi connectivity index (χ1n) is 8.43. The molecule has 2 aliphatic rings. The second kappa shape index (κ2) is 7.78. The van der Waals surface area contributed by atoms with Crippen molar-refractivity contribution in [1.82, 2.24) is 9.80 Å². The third-order valence-electron chi connectivity index (χ3n) is 5.03. The number of nitrogens with two attached hydrogens (primary N) is 1. The fourth-order valence-electron chi connectivity index (χ4n) is 3.69. The summed E-state index contributed by atoms with van der Waals surface area (Å²) in [5, 5.41) is 0. The standard InChI is InChI=1S/C16H29N3O2/c1-2-19(14-6-4-3-5-7-14)15(20)12-18-10-8-13(9-11-18)16(17)21/h13-14H,2-12H2,1H3,(H2,17,21). The van der Waals surface area contributed by atoms with Gasteiger partial charge >= 0.3 is 0 Å². The smallest absolute Gasteiger partial charge is 0.236 e. The molecule has 5 nitrogen and oxygen atoms in total. The molecule has 2 amide bonds. The summed E-state index contributed by atoms with van der Waals surface area (Å²) in [6.07, 6.45) is 7.70. The number of carbonyl (C=O) groups is 2. The number of hydrogen-bond acceptors (Lipinski definition) is 3. The minimum Gasteiger partial charge on any atom is -0.369 e. The van der Waals surface area contributed by atoms with Crippen LogP contribution < -0.4 is 5.73 Å². The quantitative estimate of drug-likeness (QED) is 0.833. The average molecular weight is 295 g/mol. The van der Waals surface area contributed by atoms with Crippen molar-refractivity contribution < 1.29 is 9.59 Å². The number of amides is 2. The summed E-state index contributed by atoms with van der Waals surface area (Å²) in [5.41, 5.74) is 5.35. The second-order valence-electron chi connectivity index (χ2n) is 6.42. The highest BCUT2D eigenvalue weighted by atomic mass is 16.2. The van der Waals surface area contributed by atoms with Crippen LogP contribution in [0.2, 0.25) is 0 Å². The Hall–Kier alpha value is -1.10. The minimum absolute atomic E-state index is 0.00280. The molecule has 120 valence electrons. The molecule has 1 aliphatic carbocycles. The molecule has 1 heterocycles. The Balaban J connectivity index is 1.81. The van der Waals surface area contributed by atoms with E-state index in [0.717, 1.165) is 45.3 Å². The molecule has 0 aromatic rings. The number of primary amides is 1. The first-order valence-corrected chi connectivity index (χ1v) is 8.43. The van der Waals surface area contributed by atoms with Crippen molar-refractivity contribution in [3.8, 4) is 0 Å². The summed E-state index contributed by atoms with van der Waals surface area (Å²) in [6.45, 7) is 4.99. The minimum atomic E-state index is -0.196. The van der Waals surface area contributed by atoms with Crippen LogP contribution in [0.3, 0.4) is 0 Å². The molecular formula is C16H29N3O2. The highest BCUT2D eigenvalue weighted by Crippen LogP contribution is 2.23. The molecule has 0 aromatic carbocycles. The summed E-state index contributed by atoms with van der Waals surface area (Å²) in [7, 11) is 0. The molecule has 0 spiro atoms. The molecule has 2 fully saturated rings. The van der Waals surface area contributed by atoms with Gasteiger partial charge in [0.2, 0.25) is 11.8 Å². The molecule has 1 aliphatic heterocycles. The van der Waals surface area contributed by atoms with Crippen LogP contribution in [0.15, 0.2) is 0 Å². The third-order valence-corrected chi connectivity index (χ3v) is 5.03. The zero-order chi connectivity index (χ0) is 15.2. The number of carbonyl (C=O) groups excluding carboxylic acids is 2. The van der Waals surface area contributed by atoms with Crippen LogP contribution in [0.5, 0.6) is 0 Å². The van der Waals surface area contributed by atoms with Gasteiger partial charge in [0.25, 0.3) is 0 Å².